The number of hydrogen-bond acceptors (Lipinski definition) is 7. The van der Waals surface area contributed by atoms with E-state index in [1.807, 2.05) is 103 Å². The number of fused-ring (bicyclic) bond motifs is 16. The van der Waals surface area contributed by atoms with Crippen LogP contribution in [0.5, 0.6) is 17.2 Å². The van der Waals surface area contributed by atoms with Crippen LogP contribution < -0.4 is 11.4 Å². The molecule has 0 saturated heterocycles. The minimum Gasteiger partial charge on any atom is -0.576 e. The van der Waals surface area contributed by atoms with Crippen LogP contribution in [-0.2, 0) is 0 Å². The van der Waals surface area contributed by atoms with Gasteiger partial charge in [0.05, 0.1) is 22.1 Å². The van der Waals surface area contributed by atoms with Crippen LogP contribution in [0.3, 0.4) is 0 Å². The highest BCUT2D eigenvalue weighted by molar-refractivity contribution is 6.40. The Hall–Kier alpha value is -17.8. The first-order valence-corrected chi connectivity index (χ1v) is 47.7. The standard InChI is InChI=1S/C56H35NO.C44H29N.3C9H7NO.Al/c1-3-14-37(15-4-1)54-45-20-7-8-21-46(45)55(38-16-5-2-6-17-38)50-34-39(28-32-47(50)54)36-26-30-41(31-27-36)57-51-24-11-9-18-43(51)49-35-40(29-33-52(49)57)42-22-13-23-48-44-19-10-12-25-53(44)58-56(42)48;1-3-13-31(14-4-1)43-36-18-7-9-20-38(36)44(39-21-10-8-19-37(39)43)32-25-23-30(24-26-32)33-27-28-42-40(29-33)35-17-11-12-22-41(35)45(42)34-15-5-2-6-16-34;3*11-8-5-1-3-7-4-2-6-10-9(7)8;/h1-35H;1-29H;3*1-6,11H;/q;;;;;+3/p-3. The first kappa shape index (κ1) is 81.2. The molecule has 0 spiro atoms. The van der Waals surface area contributed by atoms with E-state index in [1.165, 1.54) is 159 Å². The fourth-order valence-corrected chi connectivity index (χ4v) is 21.8. The Labute approximate surface area is 794 Å². The zero-order valence-corrected chi connectivity index (χ0v) is 75.4. The second-order valence-corrected chi connectivity index (χ2v) is 35.8. The molecule has 27 rings (SSSR count). The maximum atomic E-state index is 6.45. The number of para-hydroxylation sites is 8. The maximum absolute atomic E-state index is 6.45. The van der Waals surface area contributed by atoms with E-state index in [9.17, 15) is 0 Å². The van der Waals surface area contributed by atoms with Gasteiger partial charge in [-0.1, -0.05) is 370 Å². The number of hydrogen-bond donors (Lipinski definition) is 0. The van der Waals surface area contributed by atoms with Gasteiger partial charge in [0, 0.05) is 84.0 Å². The zero-order valence-electron chi connectivity index (χ0n) is 74.3. The molecule has 6 aromatic heterocycles. The van der Waals surface area contributed by atoms with Crippen molar-refractivity contribution in [2.75, 3.05) is 0 Å². The normalized spacial score (nSPS) is 11.5. The van der Waals surface area contributed by atoms with Crippen molar-refractivity contribution < 1.29 is 15.8 Å². The van der Waals surface area contributed by atoms with Crippen LogP contribution in [0.1, 0.15) is 0 Å². The van der Waals surface area contributed by atoms with Crippen LogP contribution >= 0.6 is 0 Å². The Balaban J connectivity index is 0.000000113. The lowest BCUT2D eigenvalue weighted by atomic mass is 9.85. The van der Waals surface area contributed by atoms with Crippen LogP contribution in [0.15, 0.2) is 502 Å². The molecule has 0 atom stereocenters. The Morgan fingerprint density at radius 1 is 0.197 bits per heavy atom. The van der Waals surface area contributed by atoms with Crippen molar-refractivity contribution >= 4 is 156 Å². The van der Waals surface area contributed by atoms with Gasteiger partial charge in [0.15, 0.2) is 0 Å². The fraction of sp³-hybridized carbons (Fsp3) is 0. The van der Waals surface area contributed by atoms with E-state index in [-0.39, 0.29) is 0 Å². The second-order valence-electron chi connectivity index (χ2n) is 34.5. The molecular weight excluding hydrogens is 1690 g/mol. The molecule has 10 heteroatoms. The number of nitrogens with zero attached hydrogens (tertiary/aromatic N) is 5. The van der Waals surface area contributed by atoms with Gasteiger partial charge >= 0.3 is 15.1 Å². The number of rotatable bonds is 15. The van der Waals surface area contributed by atoms with Crippen molar-refractivity contribution in [2.24, 2.45) is 0 Å². The van der Waals surface area contributed by atoms with Crippen molar-refractivity contribution in [3.63, 3.8) is 0 Å². The van der Waals surface area contributed by atoms with Crippen molar-refractivity contribution in [3.05, 3.63) is 498 Å². The predicted molar refractivity (Wildman–Crippen MR) is 570 cm³/mol. The van der Waals surface area contributed by atoms with Gasteiger partial charge in [0.25, 0.3) is 0 Å². The summed E-state index contributed by atoms with van der Waals surface area (Å²) in [4.78, 5) is 13.5. The third-order valence-corrected chi connectivity index (χ3v) is 28.0. The number of furan rings is 1. The molecule has 21 aromatic carbocycles. The quantitative estimate of drug-likeness (QED) is 0.0746. The molecule has 0 saturated carbocycles. The Morgan fingerprint density at radius 2 is 0.504 bits per heavy atom. The molecule has 0 radical (unpaired) electrons. The first-order chi connectivity index (χ1) is 68.0. The average Bonchev–Trinajstić information content (AvgIpc) is 1.44. The lowest BCUT2D eigenvalue weighted by Crippen LogP contribution is -2.37. The molecule has 0 unspecified atom stereocenters. The summed E-state index contributed by atoms with van der Waals surface area (Å²) in [7, 11) is 0. The van der Waals surface area contributed by atoms with Gasteiger partial charge in [-0.3, -0.25) is 15.0 Å². The van der Waals surface area contributed by atoms with Crippen molar-refractivity contribution in [1.82, 2.24) is 24.1 Å². The SMILES string of the molecule is c1ccc(-c2c3ccccc3c(-c3ccc(-c4ccc5c(c4)c4ccccc4n5-c4ccccc4)cc3)c3ccccc23)cc1.c1ccc(-c2c3ccccc3c(-c3ccccc3)c3cc(-c4ccc(-n5c6ccccc6c6cc(-c7cccc8c7oc7ccccc78)ccc65)cc4)ccc23)cc1.c1cnc2c([O][Al]([O]c3cccc4cccnc34)[O]c3cccc4cccnc34)cccc2c1. The van der Waals surface area contributed by atoms with E-state index in [2.05, 4.69) is 400 Å². The maximum Gasteiger partial charge on any atom is 1.20 e. The highest BCUT2D eigenvalue weighted by atomic mass is 27.3. The van der Waals surface area contributed by atoms with Gasteiger partial charge in [0.2, 0.25) is 0 Å². The van der Waals surface area contributed by atoms with E-state index < -0.39 is 15.1 Å². The summed E-state index contributed by atoms with van der Waals surface area (Å²) in [5.41, 5.74) is 28.3. The van der Waals surface area contributed by atoms with E-state index >= 15 is 0 Å². The van der Waals surface area contributed by atoms with Crippen molar-refractivity contribution in [3.8, 4) is 107 Å². The molecule has 0 aliphatic heterocycles. The first-order valence-electron chi connectivity index (χ1n) is 46.3. The van der Waals surface area contributed by atoms with Crippen molar-refractivity contribution in [1.29, 1.82) is 0 Å². The smallest absolute Gasteiger partial charge is 0.576 e. The van der Waals surface area contributed by atoms with Gasteiger partial charge in [-0.15, -0.1) is 0 Å². The molecule has 0 bridgehead atoms. The third-order valence-electron chi connectivity index (χ3n) is 26.6. The molecule has 0 amide bonds. The van der Waals surface area contributed by atoms with E-state index in [0.29, 0.717) is 17.2 Å². The van der Waals surface area contributed by atoms with E-state index in [4.69, 9.17) is 15.8 Å². The molecule has 6 heterocycles. The minimum absolute atomic E-state index is 0.608. The summed E-state index contributed by atoms with van der Waals surface area (Å²) < 4.78 is 30.4. The summed E-state index contributed by atoms with van der Waals surface area (Å²) in [5.74, 6) is 1.82. The van der Waals surface area contributed by atoms with Crippen LogP contribution in [0, 0.1) is 0 Å². The molecule has 0 fully saturated rings. The van der Waals surface area contributed by atoms with Gasteiger partial charge in [0.1, 0.15) is 45.0 Å². The molecule has 0 aliphatic carbocycles. The topological polar surface area (TPSA) is 89.4 Å². The minimum atomic E-state index is -2.86. The third kappa shape index (κ3) is 14.8. The molecular formula is C127H82AlN5O4. The van der Waals surface area contributed by atoms with Crippen LogP contribution in [0.25, 0.3) is 231 Å². The van der Waals surface area contributed by atoms with Crippen LogP contribution in [0.2, 0.25) is 0 Å². The predicted octanol–water partition coefficient (Wildman–Crippen LogP) is 33.6. The summed E-state index contributed by atoms with van der Waals surface area (Å²) in [6.45, 7) is 0. The highest BCUT2D eigenvalue weighted by Gasteiger charge is 2.46. The number of pyridine rings is 3. The molecule has 0 N–H and O–H groups in total. The highest BCUT2D eigenvalue weighted by Crippen LogP contribution is 2.49. The van der Waals surface area contributed by atoms with Gasteiger partial charge < -0.3 is 24.9 Å². The lowest BCUT2D eigenvalue weighted by Gasteiger charge is -2.19. The number of aromatic nitrogens is 5. The second kappa shape index (κ2) is 35.1. The summed E-state index contributed by atoms with van der Waals surface area (Å²) in [6.07, 6.45) is 5.24. The van der Waals surface area contributed by atoms with Crippen LogP contribution in [-0.4, -0.2) is 39.2 Å². The van der Waals surface area contributed by atoms with Gasteiger partial charge in [-0.25, -0.2) is 0 Å². The molecule has 27 aromatic rings. The van der Waals surface area contributed by atoms with Gasteiger partial charge in [-0.05, 0) is 225 Å². The van der Waals surface area contributed by atoms with Crippen LogP contribution in [0.4, 0.5) is 0 Å². The molecule has 137 heavy (non-hydrogen) atoms. The molecule has 9 nitrogen and oxygen atoms in total. The Kier molecular flexibility index (Phi) is 20.8. The fourth-order valence-electron chi connectivity index (χ4n) is 20.5. The van der Waals surface area contributed by atoms with Crippen molar-refractivity contribution in [2.45, 2.75) is 0 Å². The largest absolute Gasteiger partial charge is 1.20 e. The van der Waals surface area contributed by atoms with E-state index in [0.717, 1.165) is 71.5 Å². The zero-order chi connectivity index (χ0) is 90.6. The van der Waals surface area contributed by atoms with E-state index in [1.54, 1.807) is 18.6 Å². The summed E-state index contributed by atoms with van der Waals surface area (Å²) in [6, 6.07) is 170. The summed E-state index contributed by atoms with van der Waals surface area (Å²) >= 11 is -2.86. The molecule has 642 valence electrons. The monoisotopic (exact) mass is 1770 g/mol. The lowest BCUT2D eigenvalue weighted by molar-refractivity contribution is 0.311. The molecule has 0 aliphatic rings. The Morgan fingerprint density at radius 3 is 0.964 bits per heavy atom. The van der Waals surface area contributed by atoms with Gasteiger partial charge in [-0.2, -0.15) is 0 Å². The summed E-state index contributed by atoms with van der Waals surface area (Å²) in [5, 5.41) is 20.3. The number of benzene rings is 21. The average molecular weight is 1770 g/mol. The Bertz CT molecular complexity index is 9060.